The van der Waals surface area contributed by atoms with Gasteiger partial charge in [0.05, 0.1) is 0 Å². The smallest absolute Gasteiger partial charge is 0.0221 e. The van der Waals surface area contributed by atoms with Gasteiger partial charge in [0.1, 0.15) is 0 Å². The van der Waals surface area contributed by atoms with E-state index < -0.39 is 0 Å². The molecule has 0 aromatic heterocycles. The molecule has 0 aromatic rings. The van der Waals surface area contributed by atoms with Crippen molar-refractivity contribution in [2.45, 2.75) is 31.3 Å². The summed E-state index contributed by atoms with van der Waals surface area (Å²) >= 11 is 1.92. The Morgan fingerprint density at radius 2 is 2.00 bits per heavy atom. The highest BCUT2D eigenvalue weighted by Gasteiger charge is 2.43. The van der Waals surface area contributed by atoms with Gasteiger partial charge < -0.3 is 0 Å². The molecule has 2 unspecified atom stereocenters. The highest BCUT2D eigenvalue weighted by molar-refractivity contribution is 7.96. The van der Waals surface area contributed by atoms with Crippen LogP contribution in [0.1, 0.15) is 19.3 Å². The molecule has 2 bridgehead atoms. The Bertz CT molecular complexity index is 90.7. The quantitative estimate of drug-likeness (QED) is 0.494. The van der Waals surface area contributed by atoms with Gasteiger partial charge in [-0.2, -0.15) is 0 Å². The molecule has 2 aliphatic heterocycles. The molecular formula is C6H11NS. The summed E-state index contributed by atoms with van der Waals surface area (Å²) in [6, 6.07) is 1.94. The Morgan fingerprint density at radius 3 is 2.25 bits per heavy atom. The summed E-state index contributed by atoms with van der Waals surface area (Å²) in [6.45, 7) is 0. The first kappa shape index (κ1) is 5.12. The number of fused-ring (bicyclic) bond motifs is 1. The van der Waals surface area contributed by atoms with Crippen molar-refractivity contribution in [3.8, 4) is 0 Å². The maximum Gasteiger partial charge on any atom is 0.0221 e. The predicted octanol–water partition coefficient (Wildman–Crippen LogP) is 1.50. The van der Waals surface area contributed by atoms with Crippen LogP contribution in [0.2, 0.25) is 0 Å². The third-order valence-electron chi connectivity index (χ3n) is 2.31. The molecule has 1 nitrogen and oxygen atoms in total. The van der Waals surface area contributed by atoms with Crippen LogP contribution in [0.3, 0.4) is 0 Å². The number of hydrogen-bond donors (Lipinski definition) is 0. The van der Waals surface area contributed by atoms with E-state index in [0.717, 1.165) is 12.1 Å². The lowest BCUT2D eigenvalue weighted by molar-refractivity contribution is 0.211. The van der Waals surface area contributed by atoms with Crippen molar-refractivity contribution >= 4 is 11.9 Å². The van der Waals surface area contributed by atoms with Crippen molar-refractivity contribution in [3.05, 3.63) is 0 Å². The van der Waals surface area contributed by atoms with Crippen molar-refractivity contribution in [1.82, 2.24) is 4.31 Å². The molecule has 2 heteroatoms. The monoisotopic (exact) mass is 129 g/mol. The first-order valence-corrected chi connectivity index (χ1v) is 4.42. The Morgan fingerprint density at radius 1 is 1.38 bits per heavy atom. The van der Waals surface area contributed by atoms with Gasteiger partial charge in [-0.05, 0) is 25.5 Å². The van der Waals surface area contributed by atoms with Crippen molar-refractivity contribution in [3.63, 3.8) is 0 Å². The second kappa shape index (κ2) is 1.64. The summed E-state index contributed by atoms with van der Waals surface area (Å²) in [5.74, 6) is 0. The molecule has 1 saturated carbocycles. The fourth-order valence-electron chi connectivity index (χ4n) is 1.86. The van der Waals surface area contributed by atoms with Crippen LogP contribution in [0.15, 0.2) is 0 Å². The number of rotatable bonds is 1. The maximum absolute atomic E-state index is 2.54. The van der Waals surface area contributed by atoms with E-state index in [9.17, 15) is 0 Å². The van der Waals surface area contributed by atoms with E-state index in [4.69, 9.17) is 0 Å². The lowest BCUT2D eigenvalue weighted by Crippen LogP contribution is -2.42. The normalized spacial score (nSPS) is 44.6. The molecule has 3 rings (SSSR count). The molecule has 2 heterocycles. The van der Waals surface area contributed by atoms with E-state index in [1.54, 1.807) is 0 Å². The van der Waals surface area contributed by atoms with Crippen LogP contribution in [-0.4, -0.2) is 22.6 Å². The van der Waals surface area contributed by atoms with Crippen LogP contribution >= 0.6 is 11.9 Å². The molecule has 2 atom stereocenters. The van der Waals surface area contributed by atoms with Crippen LogP contribution in [0.25, 0.3) is 0 Å². The zero-order valence-corrected chi connectivity index (χ0v) is 5.95. The number of hydrogen-bond acceptors (Lipinski definition) is 2. The van der Waals surface area contributed by atoms with Gasteiger partial charge in [-0.15, -0.1) is 0 Å². The van der Waals surface area contributed by atoms with Gasteiger partial charge >= 0.3 is 0 Å². The van der Waals surface area contributed by atoms with Crippen molar-refractivity contribution in [2.24, 2.45) is 0 Å². The van der Waals surface area contributed by atoms with E-state index >= 15 is 0 Å². The van der Waals surface area contributed by atoms with E-state index in [0.29, 0.717) is 0 Å². The van der Waals surface area contributed by atoms with Gasteiger partial charge in [-0.25, -0.2) is 4.31 Å². The average molecular weight is 129 g/mol. The molecule has 0 aromatic carbocycles. The third-order valence-corrected chi connectivity index (χ3v) is 3.33. The van der Waals surface area contributed by atoms with Gasteiger partial charge in [0, 0.05) is 12.1 Å². The van der Waals surface area contributed by atoms with Crippen LogP contribution in [0, 0.1) is 0 Å². The Labute approximate surface area is 54.6 Å². The van der Waals surface area contributed by atoms with Crippen molar-refractivity contribution in [1.29, 1.82) is 0 Å². The van der Waals surface area contributed by atoms with E-state index in [-0.39, 0.29) is 0 Å². The molecule has 0 amide bonds. The van der Waals surface area contributed by atoms with Crippen molar-refractivity contribution < 1.29 is 0 Å². The van der Waals surface area contributed by atoms with Crippen LogP contribution in [0.5, 0.6) is 0 Å². The molecule has 3 aliphatic rings. The lowest BCUT2D eigenvalue weighted by Gasteiger charge is -2.38. The third kappa shape index (κ3) is 0.477. The van der Waals surface area contributed by atoms with Crippen LogP contribution < -0.4 is 0 Å². The zero-order chi connectivity index (χ0) is 5.56. The molecule has 8 heavy (non-hydrogen) atoms. The highest BCUT2D eigenvalue weighted by Crippen LogP contribution is 2.43. The number of nitrogens with zero attached hydrogens (tertiary/aromatic N) is 1. The average Bonchev–Trinajstić information content (AvgIpc) is 2.19. The molecule has 2 saturated heterocycles. The van der Waals surface area contributed by atoms with Gasteiger partial charge in [0.15, 0.2) is 0 Å². The second-order valence-corrected chi connectivity index (χ2v) is 3.45. The standard InChI is InChI=1S/C6H11NS/c1-8-7-5-2-3-6(7)4-5/h5-6H,2-4H2,1H3. The summed E-state index contributed by atoms with van der Waals surface area (Å²) in [7, 11) is 0. The van der Waals surface area contributed by atoms with Crippen molar-refractivity contribution in [2.75, 3.05) is 6.26 Å². The van der Waals surface area contributed by atoms with Gasteiger partial charge in [0.25, 0.3) is 0 Å². The fraction of sp³-hybridized carbons (Fsp3) is 1.00. The van der Waals surface area contributed by atoms with E-state index in [2.05, 4.69) is 10.6 Å². The minimum atomic E-state index is 0.968. The van der Waals surface area contributed by atoms with Crippen LogP contribution in [-0.2, 0) is 0 Å². The van der Waals surface area contributed by atoms with E-state index in [1.165, 1.54) is 19.3 Å². The van der Waals surface area contributed by atoms with E-state index in [1.807, 2.05) is 11.9 Å². The summed E-state index contributed by atoms with van der Waals surface area (Å²) in [5, 5.41) is 0. The fourth-order valence-corrected chi connectivity index (χ4v) is 2.83. The molecule has 3 fully saturated rings. The SMILES string of the molecule is CSN1C2CCC1C2. The van der Waals surface area contributed by atoms with Gasteiger partial charge in [-0.1, -0.05) is 11.9 Å². The summed E-state index contributed by atoms with van der Waals surface area (Å²) in [6.07, 6.45) is 6.60. The van der Waals surface area contributed by atoms with Crippen LogP contribution in [0.4, 0.5) is 0 Å². The second-order valence-electron chi connectivity index (χ2n) is 2.66. The molecule has 0 N–H and O–H groups in total. The molecule has 0 spiro atoms. The largest absolute Gasteiger partial charge is 0.245 e. The minimum absolute atomic E-state index is 0.968. The molecule has 46 valence electrons. The zero-order valence-electron chi connectivity index (χ0n) is 5.13. The first-order chi connectivity index (χ1) is 3.92. The summed E-state index contributed by atoms with van der Waals surface area (Å²) in [5.41, 5.74) is 0. The maximum atomic E-state index is 2.54. The highest BCUT2D eigenvalue weighted by atomic mass is 32.2. The lowest BCUT2D eigenvalue weighted by atomic mass is 10.1. The predicted molar refractivity (Wildman–Crippen MR) is 36.8 cm³/mol. The summed E-state index contributed by atoms with van der Waals surface area (Å²) < 4.78 is 2.54. The molecule has 1 aliphatic carbocycles. The minimum Gasteiger partial charge on any atom is -0.245 e. The Balaban J connectivity index is 2.02. The van der Waals surface area contributed by atoms with Gasteiger partial charge in [-0.3, -0.25) is 0 Å². The Kier molecular flexibility index (Phi) is 1.05. The Hall–Kier alpha value is 0.310. The molecular weight excluding hydrogens is 118 g/mol. The summed E-state index contributed by atoms with van der Waals surface area (Å²) in [4.78, 5) is 0. The molecule has 0 radical (unpaired) electrons. The first-order valence-electron chi connectivity index (χ1n) is 3.24. The topological polar surface area (TPSA) is 3.24 Å². The van der Waals surface area contributed by atoms with Gasteiger partial charge in [0.2, 0.25) is 0 Å².